The first-order valence-electron chi connectivity index (χ1n) is 7.61. The van der Waals surface area contributed by atoms with Gasteiger partial charge >= 0.3 is 5.69 Å². The predicted molar refractivity (Wildman–Crippen MR) is 86.5 cm³/mol. The number of anilines is 1. The van der Waals surface area contributed by atoms with E-state index < -0.39 is 11.2 Å². The fraction of sp³-hybridized carbons (Fsp3) is 0.312. The maximum Gasteiger partial charge on any atom is 0.328 e. The van der Waals surface area contributed by atoms with E-state index in [0.717, 1.165) is 5.69 Å². The fourth-order valence-corrected chi connectivity index (χ4v) is 2.68. The van der Waals surface area contributed by atoms with Gasteiger partial charge < -0.3 is 9.80 Å². The van der Waals surface area contributed by atoms with Crippen molar-refractivity contribution in [2.75, 3.05) is 31.1 Å². The SMILES string of the molecule is O=C(Cn1ccc(=O)[nH]c1=O)N1CCN(c2ccc(F)cc2)CC1. The molecular formula is C16H17FN4O3. The van der Waals surface area contributed by atoms with E-state index in [-0.39, 0.29) is 18.3 Å². The third-order valence-corrected chi connectivity index (χ3v) is 4.03. The molecule has 0 saturated carbocycles. The molecule has 1 aromatic carbocycles. The van der Waals surface area contributed by atoms with Gasteiger partial charge in [-0.3, -0.25) is 19.1 Å². The molecule has 3 rings (SSSR count). The number of aromatic amines is 1. The highest BCUT2D eigenvalue weighted by Crippen LogP contribution is 2.16. The lowest BCUT2D eigenvalue weighted by Crippen LogP contribution is -2.50. The number of nitrogens with zero attached hydrogens (tertiary/aromatic N) is 3. The van der Waals surface area contributed by atoms with Gasteiger partial charge in [-0.15, -0.1) is 0 Å². The standard InChI is InChI=1S/C16H17FN4O3/c17-12-1-3-13(4-2-12)19-7-9-20(10-8-19)15(23)11-21-6-5-14(22)18-16(21)24/h1-6H,7-11H2,(H,18,22,24). The second-order valence-corrected chi connectivity index (χ2v) is 5.58. The summed E-state index contributed by atoms with van der Waals surface area (Å²) in [6.07, 6.45) is 1.31. The minimum Gasteiger partial charge on any atom is -0.368 e. The van der Waals surface area contributed by atoms with Gasteiger partial charge in [0.1, 0.15) is 12.4 Å². The second kappa shape index (κ2) is 6.69. The van der Waals surface area contributed by atoms with Crippen LogP contribution in [0.1, 0.15) is 0 Å². The number of hydrogen-bond acceptors (Lipinski definition) is 4. The average Bonchev–Trinajstić information content (AvgIpc) is 2.58. The average molecular weight is 332 g/mol. The van der Waals surface area contributed by atoms with Crippen molar-refractivity contribution in [3.8, 4) is 0 Å². The number of nitrogens with one attached hydrogen (secondary N) is 1. The van der Waals surface area contributed by atoms with Crippen molar-refractivity contribution in [1.29, 1.82) is 0 Å². The van der Waals surface area contributed by atoms with Crippen LogP contribution in [0.4, 0.5) is 10.1 Å². The first-order chi connectivity index (χ1) is 11.5. The third kappa shape index (κ3) is 3.53. The minimum atomic E-state index is -0.596. The Balaban J connectivity index is 1.59. The molecule has 1 N–H and O–H groups in total. The molecule has 126 valence electrons. The Labute approximate surface area is 136 Å². The van der Waals surface area contributed by atoms with E-state index in [4.69, 9.17) is 0 Å². The van der Waals surface area contributed by atoms with Gasteiger partial charge in [0.25, 0.3) is 5.56 Å². The smallest absolute Gasteiger partial charge is 0.328 e. The number of carbonyl (C=O) groups excluding carboxylic acids is 1. The number of rotatable bonds is 3. The summed E-state index contributed by atoms with van der Waals surface area (Å²) in [6.45, 7) is 2.21. The maximum atomic E-state index is 13.0. The van der Waals surface area contributed by atoms with Gasteiger partial charge in [0.2, 0.25) is 5.91 Å². The van der Waals surface area contributed by atoms with Gasteiger partial charge in [0.15, 0.2) is 0 Å². The molecular weight excluding hydrogens is 315 g/mol. The number of hydrogen-bond donors (Lipinski definition) is 1. The molecule has 1 aliphatic rings. The van der Waals surface area contributed by atoms with Gasteiger partial charge in [-0.1, -0.05) is 0 Å². The molecule has 1 aliphatic heterocycles. The molecule has 0 atom stereocenters. The number of H-pyrrole nitrogens is 1. The summed E-state index contributed by atoms with van der Waals surface area (Å²) in [5.74, 6) is -0.457. The zero-order chi connectivity index (χ0) is 17.1. The normalized spacial score (nSPS) is 14.7. The van der Waals surface area contributed by atoms with Crippen molar-refractivity contribution in [1.82, 2.24) is 14.5 Å². The van der Waals surface area contributed by atoms with Crippen LogP contribution in [0, 0.1) is 5.82 Å². The van der Waals surface area contributed by atoms with Crippen molar-refractivity contribution < 1.29 is 9.18 Å². The van der Waals surface area contributed by atoms with Crippen molar-refractivity contribution in [2.24, 2.45) is 0 Å². The summed E-state index contributed by atoms with van der Waals surface area (Å²) in [6, 6.07) is 7.46. The molecule has 24 heavy (non-hydrogen) atoms. The summed E-state index contributed by atoms with van der Waals surface area (Å²) in [7, 11) is 0. The van der Waals surface area contributed by atoms with Crippen LogP contribution >= 0.6 is 0 Å². The Hall–Kier alpha value is -2.90. The highest BCUT2D eigenvalue weighted by molar-refractivity contribution is 5.76. The number of halogens is 1. The Morgan fingerprint density at radius 3 is 2.33 bits per heavy atom. The van der Waals surface area contributed by atoms with Gasteiger partial charge in [0.05, 0.1) is 0 Å². The van der Waals surface area contributed by atoms with Crippen LogP contribution in [0.3, 0.4) is 0 Å². The van der Waals surface area contributed by atoms with E-state index in [0.29, 0.717) is 26.2 Å². The molecule has 0 spiro atoms. The minimum absolute atomic E-state index is 0.105. The number of carbonyl (C=O) groups is 1. The van der Waals surface area contributed by atoms with Crippen LogP contribution < -0.4 is 16.1 Å². The van der Waals surface area contributed by atoms with Crippen molar-refractivity contribution in [3.05, 3.63) is 63.2 Å². The summed E-state index contributed by atoms with van der Waals surface area (Å²) >= 11 is 0. The van der Waals surface area contributed by atoms with Gasteiger partial charge in [-0.05, 0) is 24.3 Å². The lowest BCUT2D eigenvalue weighted by atomic mass is 10.2. The van der Waals surface area contributed by atoms with E-state index >= 15 is 0 Å². The van der Waals surface area contributed by atoms with E-state index in [1.165, 1.54) is 29.0 Å². The van der Waals surface area contributed by atoms with Crippen LogP contribution in [0.15, 0.2) is 46.1 Å². The van der Waals surface area contributed by atoms with Crippen LogP contribution in [-0.2, 0) is 11.3 Å². The molecule has 7 nitrogen and oxygen atoms in total. The highest BCUT2D eigenvalue weighted by Gasteiger charge is 2.21. The Bertz CT molecular complexity index is 835. The molecule has 8 heteroatoms. The van der Waals surface area contributed by atoms with E-state index in [1.54, 1.807) is 17.0 Å². The molecule has 1 amide bonds. The second-order valence-electron chi connectivity index (χ2n) is 5.58. The number of piperazine rings is 1. The number of aromatic nitrogens is 2. The highest BCUT2D eigenvalue weighted by atomic mass is 19.1. The summed E-state index contributed by atoms with van der Waals surface area (Å²) in [4.78, 5) is 40.8. The first kappa shape index (κ1) is 16.0. The molecule has 0 radical (unpaired) electrons. The van der Waals surface area contributed by atoms with Crippen molar-refractivity contribution >= 4 is 11.6 Å². The topological polar surface area (TPSA) is 78.4 Å². The largest absolute Gasteiger partial charge is 0.368 e. The van der Waals surface area contributed by atoms with Crippen LogP contribution in [0.2, 0.25) is 0 Å². The van der Waals surface area contributed by atoms with Gasteiger partial charge in [-0.25, -0.2) is 9.18 Å². The molecule has 1 fully saturated rings. The lowest BCUT2D eigenvalue weighted by Gasteiger charge is -2.36. The molecule has 0 aliphatic carbocycles. The summed E-state index contributed by atoms with van der Waals surface area (Å²) in [5.41, 5.74) is -0.169. The maximum absolute atomic E-state index is 13.0. The zero-order valence-corrected chi connectivity index (χ0v) is 12.9. The summed E-state index contributed by atoms with van der Waals surface area (Å²) < 4.78 is 14.1. The van der Waals surface area contributed by atoms with Crippen LogP contribution in [0.25, 0.3) is 0 Å². The number of amides is 1. The fourth-order valence-electron chi connectivity index (χ4n) is 2.68. The third-order valence-electron chi connectivity index (χ3n) is 4.03. The monoisotopic (exact) mass is 332 g/mol. The Morgan fingerprint density at radius 1 is 1.04 bits per heavy atom. The molecule has 2 aromatic rings. The van der Waals surface area contributed by atoms with E-state index in [1.807, 2.05) is 0 Å². The quantitative estimate of drug-likeness (QED) is 0.860. The van der Waals surface area contributed by atoms with Gasteiger partial charge in [-0.2, -0.15) is 0 Å². The predicted octanol–water partition coefficient (Wildman–Crippen LogP) is 0.0245. The molecule has 0 unspecified atom stereocenters. The lowest BCUT2D eigenvalue weighted by molar-refractivity contribution is -0.132. The van der Waals surface area contributed by atoms with E-state index in [9.17, 15) is 18.8 Å². The first-order valence-corrected chi connectivity index (χ1v) is 7.61. The number of benzene rings is 1. The Morgan fingerprint density at radius 2 is 1.71 bits per heavy atom. The molecule has 0 bridgehead atoms. The van der Waals surface area contributed by atoms with Gasteiger partial charge in [0, 0.05) is 44.1 Å². The van der Waals surface area contributed by atoms with Crippen LogP contribution in [0.5, 0.6) is 0 Å². The zero-order valence-electron chi connectivity index (χ0n) is 12.9. The molecule has 1 saturated heterocycles. The van der Waals surface area contributed by atoms with Crippen molar-refractivity contribution in [2.45, 2.75) is 6.54 Å². The van der Waals surface area contributed by atoms with Crippen LogP contribution in [-0.4, -0.2) is 46.5 Å². The Kier molecular flexibility index (Phi) is 4.45. The van der Waals surface area contributed by atoms with Crippen molar-refractivity contribution in [3.63, 3.8) is 0 Å². The molecule has 1 aromatic heterocycles. The molecule has 2 heterocycles. The van der Waals surface area contributed by atoms with E-state index in [2.05, 4.69) is 9.88 Å². The summed E-state index contributed by atoms with van der Waals surface area (Å²) in [5, 5.41) is 0.